The summed E-state index contributed by atoms with van der Waals surface area (Å²) in [6, 6.07) is 9.11. The zero-order valence-corrected chi connectivity index (χ0v) is 74.4. The Bertz CT molecular complexity index is 2260. The molecule has 17 nitrogen and oxygen atoms in total. The van der Waals surface area contributed by atoms with Gasteiger partial charge in [0.15, 0.2) is 0 Å². The van der Waals surface area contributed by atoms with E-state index in [1.807, 2.05) is 30.3 Å². The molecule has 0 aromatic heterocycles. The number of carbonyl (C=O) groups is 5. The van der Waals surface area contributed by atoms with E-state index >= 15 is 0 Å². The van der Waals surface area contributed by atoms with Crippen LogP contribution in [0, 0.1) is 0 Å². The summed E-state index contributed by atoms with van der Waals surface area (Å²) in [4.78, 5) is 66.7. The molecule has 0 fully saturated rings. The number of amides is 1. The van der Waals surface area contributed by atoms with Crippen LogP contribution < -0.4 is 11.1 Å². The van der Waals surface area contributed by atoms with E-state index in [-0.39, 0.29) is 86.2 Å². The van der Waals surface area contributed by atoms with Gasteiger partial charge in [-0.25, -0.2) is 4.99 Å². The fraction of sp³-hybridized carbons (Fsp3) is 0.875. The maximum Gasteiger partial charge on any atom is 0.306 e. The monoisotopic (exact) mass is 1600 g/mol. The van der Waals surface area contributed by atoms with Crippen molar-refractivity contribution in [2.45, 2.75) is 483 Å². The summed E-state index contributed by atoms with van der Waals surface area (Å²) < 4.78 is 40.5. The molecule has 1 amide bonds. The van der Waals surface area contributed by atoms with Crippen molar-refractivity contribution in [3.63, 3.8) is 0 Å². The Hall–Kier alpha value is -4.00. The third-order valence-corrected chi connectivity index (χ3v) is 21.4. The van der Waals surface area contributed by atoms with Crippen LogP contribution in [0.5, 0.6) is 0 Å². The molecule has 0 aliphatic carbocycles. The highest BCUT2D eigenvalue weighted by Crippen LogP contribution is 2.22. The number of Topliss-reactive ketones (excluding diaryl/α,β-unsaturated/α-hetero) is 1. The van der Waals surface area contributed by atoms with Crippen molar-refractivity contribution in [1.82, 2.24) is 5.32 Å². The summed E-state index contributed by atoms with van der Waals surface area (Å²) in [6.45, 7) is 18.3. The molecule has 113 heavy (non-hydrogen) atoms. The standard InChI is InChI=1S/C39H75NO6.C32H53NO4.C25H51NO4/c1-4-7-10-13-15-17-19-22-24-27-36(42)32-38(43)40-35(33-41)34-45-31-30-37(28-25-21-12-9-6-3)46-39(44)29-26-23-20-18-16-14-11-8-5-2;1-3-5-7-9-10-11-12-14-19-23-31(34)37-30(22-18-13-8-6-4-2)24-25-35-26-29-27-36-32(33-29)28-20-16-15-17-21-28;1-3-5-7-9-10-11-12-14-16-18-25(28)30-24(17-15-13-8-6-4-2)19-20-29-22-23(26)21-27/h35,37,41H,4-34H2,1-3H3,(H,40,43);15-17,20-21,29-30H,3-14,18-19,22-27H2,1-2H3;23-24,27H,3-22,26H2,1-2H3/t35-,37-;29-,30+;23-,24-/m010/s1. The maximum absolute atomic E-state index is 12.6. The summed E-state index contributed by atoms with van der Waals surface area (Å²) in [5.74, 6) is 0.0630. The molecule has 6 atom stereocenters. The van der Waals surface area contributed by atoms with Gasteiger partial charge in [0.1, 0.15) is 36.7 Å². The topological polar surface area (TPSA) is 241 Å². The van der Waals surface area contributed by atoms with Crippen LogP contribution in [0.3, 0.4) is 0 Å². The van der Waals surface area contributed by atoms with Gasteiger partial charge in [0, 0.05) is 50.5 Å². The van der Waals surface area contributed by atoms with Gasteiger partial charge in [-0.3, -0.25) is 24.0 Å². The van der Waals surface area contributed by atoms with Crippen molar-refractivity contribution < 1.29 is 67.3 Å². The van der Waals surface area contributed by atoms with Crippen LogP contribution in [0.25, 0.3) is 0 Å². The number of ketones is 1. The first-order valence-electron chi connectivity index (χ1n) is 47.7. The van der Waals surface area contributed by atoms with E-state index in [0.717, 1.165) is 115 Å². The normalized spacial score (nSPS) is 13.9. The zero-order chi connectivity index (χ0) is 82.6. The van der Waals surface area contributed by atoms with Crippen molar-refractivity contribution in [2.24, 2.45) is 10.7 Å². The van der Waals surface area contributed by atoms with Crippen LogP contribution in [0.4, 0.5) is 0 Å². The summed E-state index contributed by atoms with van der Waals surface area (Å²) in [5, 5.41) is 21.4. The fourth-order valence-corrected chi connectivity index (χ4v) is 14.1. The lowest BCUT2D eigenvalue weighted by molar-refractivity contribution is -0.151. The lowest BCUT2D eigenvalue weighted by Gasteiger charge is -2.20. The highest BCUT2D eigenvalue weighted by Gasteiger charge is 2.23. The molecule has 662 valence electrons. The molecule has 0 unspecified atom stereocenters. The molecule has 1 aliphatic heterocycles. The predicted molar refractivity (Wildman–Crippen MR) is 470 cm³/mol. The Kier molecular flexibility index (Phi) is 82.8. The highest BCUT2D eigenvalue weighted by atomic mass is 16.6. The largest absolute Gasteiger partial charge is 0.475 e. The second-order valence-corrected chi connectivity index (χ2v) is 32.7. The first-order chi connectivity index (χ1) is 55.3. The number of nitrogens with two attached hydrogens (primary N) is 1. The summed E-state index contributed by atoms with van der Waals surface area (Å²) in [6.07, 6.45) is 68.3. The van der Waals surface area contributed by atoms with Crippen LogP contribution in [0.15, 0.2) is 35.3 Å². The number of hydrogen-bond donors (Lipinski definition) is 4. The van der Waals surface area contributed by atoms with E-state index in [9.17, 15) is 29.1 Å². The van der Waals surface area contributed by atoms with Gasteiger partial charge in [0.05, 0.1) is 71.4 Å². The van der Waals surface area contributed by atoms with Crippen LogP contribution >= 0.6 is 0 Å². The minimum absolute atomic E-state index is 0.0249. The molecule has 1 aromatic rings. The van der Waals surface area contributed by atoms with E-state index in [0.29, 0.717) is 84.1 Å². The predicted octanol–water partition coefficient (Wildman–Crippen LogP) is 24.3. The van der Waals surface area contributed by atoms with E-state index < -0.39 is 6.04 Å². The molecule has 1 heterocycles. The minimum Gasteiger partial charge on any atom is -0.475 e. The van der Waals surface area contributed by atoms with Crippen molar-refractivity contribution >= 4 is 35.5 Å². The average molecular weight is 1600 g/mol. The Morgan fingerprint density at radius 1 is 0.398 bits per heavy atom. The molecule has 1 aromatic carbocycles. The molecule has 0 bridgehead atoms. The third-order valence-electron chi connectivity index (χ3n) is 21.4. The Morgan fingerprint density at radius 2 is 0.708 bits per heavy atom. The van der Waals surface area contributed by atoms with Crippen LogP contribution in [-0.2, 0) is 57.1 Å². The molecule has 0 spiro atoms. The fourth-order valence-electron chi connectivity index (χ4n) is 14.1. The number of unbranched alkanes of at least 4 members (excludes halogenated alkanes) is 44. The van der Waals surface area contributed by atoms with Gasteiger partial charge in [-0.15, -0.1) is 0 Å². The quantitative estimate of drug-likeness (QED) is 0.0205. The number of nitrogens with one attached hydrogen (secondary N) is 1. The lowest BCUT2D eigenvalue weighted by Crippen LogP contribution is -2.41. The van der Waals surface area contributed by atoms with E-state index in [1.165, 1.54) is 244 Å². The summed E-state index contributed by atoms with van der Waals surface area (Å²) in [7, 11) is 0. The molecule has 0 saturated carbocycles. The van der Waals surface area contributed by atoms with Crippen molar-refractivity contribution in [1.29, 1.82) is 0 Å². The molecule has 1 aliphatic rings. The van der Waals surface area contributed by atoms with E-state index in [4.69, 9.17) is 44.0 Å². The van der Waals surface area contributed by atoms with Gasteiger partial charge < -0.3 is 54.4 Å². The SMILES string of the molecule is CCCCCCCCCCCC(=O)CC(=O)N[C@@H](CO)COCC[C@H](CCCCCCC)OC(=O)CCCCCCCCCCC.CCCCCCCCCCCC(=O)O[C@@H](CCCCCCC)CCOC[C@@H](N)CO.CCCCCCCCCCCC(=O)O[C@@H](CCCCCCC)CCOC[C@@H]1COC(c2ccccc2)=N1. The third kappa shape index (κ3) is 75.2. The van der Waals surface area contributed by atoms with Crippen LogP contribution in [-0.4, -0.2) is 142 Å². The Morgan fingerprint density at radius 3 is 1.04 bits per heavy atom. The molecular formula is C96H179N3O14. The number of aliphatic imine (C=N–C) groups is 1. The molecular weight excluding hydrogens is 1420 g/mol. The van der Waals surface area contributed by atoms with E-state index in [2.05, 4.69) is 58.8 Å². The number of esters is 3. The zero-order valence-electron chi connectivity index (χ0n) is 74.4. The number of ether oxygens (including phenoxy) is 7. The number of benzene rings is 1. The Labute approximate surface area is 693 Å². The van der Waals surface area contributed by atoms with E-state index in [1.54, 1.807) is 0 Å². The number of aliphatic hydroxyl groups is 2. The minimum atomic E-state index is -0.560. The lowest BCUT2D eigenvalue weighted by atomic mass is 10.0. The Balaban J connectivity index is 0.00000170. The molecule has 17 heteroatoms. The second-order valence-electron chi connectivity index (χ2n) is 32.7. The van der Waals surface area contributed by atoms with Gasteiger partial charge >= 0.3 is 17.9 Å². The van der Waals surface area contributed by atoms with Gasteiger partial charge in [0.2, 0.25) is 11.8 Å². The van der Waals surface area contributed by atoms with Crippen LogP contribution in [0.2, 0.25) is 0 Å². The molecule has 0 saturated heterocycles. The van der Waals surface area contributed by atoms with Crippen molar-refractivity contribution in [3.8, 4) is 0 Å². The second kappa shape index (κ2) is 85.9. The average Bonchev–Trinajstić information content (AvgIpc) is 1.74. The first-order valence-corrected chi connectivity index (χ1v) is 47.7. The number of nitrogens with zero attached hydrogens (tertiary/aromatic N) is 1. The number of aliphatic hydroxyl groups excluding tert-OH is 2. The molecule has 0 radical (unpaired) electrons. The number of carbonyl (C=O) groups excluding carboxylic acids is 5. The van der Waals surface area contributed by atoms with Crippen molar-refractivity contribution in [2.75, 3.05) is 59.5 Å². The summed E-state index contributed by atoms with van der Waals surface area (Å²) in [5.41, 5.74) is 6.66. The number of rotatable bonds is 82. The molecule has 2 rings (SSSR count). The molecule has 5 N–H and O–H groups in total. The maximum atomic E-state index is 12.6. The van der Waals surface area contributed by atoms with Crippen LogP contribution in [0.1, 0.15) is 452 Å². The first kappa shape index (κ1) is 109. The van der Waals surface area contributed by atoms with Gasteiger partial charge in [-0.05, 0) is 76.3 Å². The smallest absolute Gasteiger partial charge is 0.306 e. The van der Waals surface area contributed by atoms with Gasteiger partial charge in [0.25, 0.3) is 0 Å². The van der Waals surface area contributed by atoms with Crippen molar-refractivity contribution in [3.05, 3.63) is 35.9 Å². The highest BCUT2D eigenvalue weighted by molar-refractivity contribution is 5.98. The summed E-state index contributed by atoms with van der Waals surface area (Å²) >= 11 is 0. The van der Waals surface area contributed by atoms with Gasteiger partial charge in [-0.1, -0.05) is 349 Å². The van der Waals surface area contributed by atoms with Gasteiger partial charge in [-0.2, -0.15) is 0 Å². The number of hydrogen-bond acceptors (Lipinski definition) is 16.